The maximum absolute atomic E-state index is 13.1. The topological polar surface area (TPSA) is 118 Å². The number of amides is 1. The number of nitrogen functional groups attached to an aromatic ring is 1. The van der Waals surface area contributed by atoms with Crippen LogP contribution in [-0.4, -0.2) is 27.6 Å². The van der Waals surface area contributed by atoms with E-state index in [2.05, 4.69) is 10.2 Å². The zero-order chi connectivity index (χ0) is 22.4. The van der Waals surface area contributed by atoms with Crippen LogP contribution in [0.1, 0.15) is 22.6 Å². The monoisotopic (exact) mass is 431 g/mol. The van der Waals surface area contributed by atoms with Crippen molar-refractivity contribution in [1.82, 2.24) is 15.1 Å². The molecule has 0 aliphatic heterocycles. The number of carbonyl (C=O) groups excluding carboxylic acids is 1. The molecule has 2 N–H and O–H groups in total. The average Bonchev–Trinajstić information content (AvgIpc) is 3.16. The van der Waals surface area contributed by atoms with Crippen molar-refractivity contribution in [2.75, 3.05) is 12.3 Å². The Morgan fingerprint density at radius 1 is 1.13 bits per heavy atom. The summed E-state index contributed by atoms with van der Waals surface area (Å²) in [4.78, 5) is 14.0. The van der Waals surface area contributed by atoms with Crippen LogP contribution in [0.3, 0.4) is 0 Å². The maximum Gasteiger partial charge on any atom is 0.419 e. The van der Waals surface area contributed by atoms with E-state index in [0.717, 1.165) is 12.1 Å². The van der Waals surface area contributed by atoms with Crippen molar-refractivity contribution < 1.29 is 27.1 Å². The lowest BCUT2D eigenvalue weighted by Gasteiger charge is -2.22. The summed E-state index contributed by atoms with van der Waals surface area (Å²) in [5.74, 6) is -1.02. The molecule has 0 fully saturated rings. The standard InChI is InChI=1S/C20H16F3N5O3/c21-20(22,23)15-3-1-2-4-16(15)30-12-18(29)28(11-17-26-27-19(25)31-17)10-14-7-5-13(9-24)6-8-14/h1-8H,10-12H2,(H2,25,27). The number of halogens is 3. The second-order valence-electron chi connectivity index (χ2n) is 6.38. The van der Waals surface area contributed by atoms with E-state index in [1.54, 1.807) is 24.3 Å². The van der Waals surface area contributed by atoms with Gasteiger partial charge in [-0.2, -0.15) is 18.4 Å². The van der Waals surface area contributed by atoms with Gasteiger partial charge in [0.05, 0.1) is 23.7 Å². The van der Waals surface area contributed by atoms with Gasteiger partial charge in [-0.1, -0.05) is 29.4 Å². The number of carbonyl (C=O) groups is 1. The number of alkyl halides is 3. The summed E-state index contributed by atoms with van der Waals surface area (Å²) in [5, 5.41) is 16.1. The molecule has 31 heavy (non-hydrogen) atoms. The first-order chi connectivity index (χ1) is 14.8. The molecule has 2 aromatic carbocycles. The normalized spacial score (nSPS) is 11.0. The van der Waals surface area contributed by atoms with Gasteiger partial charge in [0, 0.05) is 6.54 Å². The van der Waals surface area contributed by atoms with E-state index < -0.39 is 30.0 Å². The third kappa shape index (κ3) is 5.72. The predicted molar refractivity (Wildman–Crippen MR) is 101 cm³/mol. The molecule has 160 valence electrons. The summed E-state index contributed by atoms with van der Waals surface area (Å²) in [6, 6.07) is 12.9. The molecule has 0 aliphatic rings. The van der Waals surface area contributed by atoms with Gasteiger partial charge in [-0.05, 0) is 29.8 Å². The molecule has 0 saturated carbocycles. The van der Waals surface area contributed by atoms with Gasteiger partial charge in [0.15, 0.2) is 6.61 Å². The van der Waals surface area contributed by atoms with Crippen molar-refractivity contribution in [3.63, 3.8) is 0 Å². The molecule has 0 spiro atoms. The fraction of sp³-hybridized carbons (Fsp3) is 0.200. The lowest BCUT2D eigenvalue weighted by atomic mass is 10.1. The molecule has 8 nitrogen and oxygen atoms in total. The first-order valence-electron chi connectivity index (χ1n) is 8.90. The van der Waals surface area contributed by atoms with Crippen LogP contribution in [0.4, 0.5) is 19.2 Å². The summed E-state index contributed by atoms with van der Waals surface area (Å²) >= 11 is 0. The van der Waals surface area contributed by atoms with Gasteiger partial charge in [-0.3, -0.25) is 4.79 Å². The first kappa shape index (κ1) is 21.6. The molecule has 3 rings (SSSR count). The predicted octanol–water partition coefficient (Wildman–Crippen LogP) is 3.15. The number of anilines is 1. The number of nitrogens with zero attached hydrogens (tertiary/aromatic N) is 4. The minimum atomic E-state index is -4.62. The number of para-hydroxylation sites is 1. The molecular weight excluding hydrogens is 415 g/mol. The number of hydrogen-bond donors (Lipinski definition) is 1. The Balaban J connectivity index is 1.76. The smallest absolute Gasteiger partial charge is 0.419 e. The van der Waals surface area contributed by atoms with Crippen LogP contribution in [0.5, 0.6) is 5.75 Å². The highest BCUT2D eigenvalue weighted by molar-refractivity contribution is 5.77. The summed E-state index contributed by atoms with van der Waals surface area (Å²) in [6.45, 7) is -0.711. The minimum Gasteiger partial charge on any atom is -0.483 e. The molecule has 0 saturated heterocycles. The minimum absolute atomic E-state index is 0.0511. The molecule has 1 aromatic heterocycles. The third-order valence-corrected chi connectivity index (χ3v) is 4.16. The van der Waals surface area contributed by atoms with Gasteiger partial charge >= 0.3 is 12.2 Å². The number of benzene rings is 2. The molecule has 0 aliphatic carbocycles. The zero-order valence-corrected chi connectivity index (χ0v) is 16.0. The van der Waals surface area contributed by atoms with E-state index in [-0.39, 0.29) is 25.0 Å². The van der Waals surface area contributed by atoms with Crippen molar-refractivity contribution in [1.29, 1.82) is 5.26 Å². The summed E-state index contributed by atoms with van der Waals surface area (Å²) in [5.41, 5.74) is 5.54. The van der Waals surface area contributed by atoms with Gasteiger partial charge in [0.25, 0.3) is 5.91 Å². The van der Waals surface area contributed by atoms with Crippen LogP contribution in [0.2, 0.25) is 0 Å². The average molecular weight is 431 g/mol. The second-order valence-corrected chi connectivity index (χ2v) is 6.38. The molecule has 1 heterocycles. The lowest BCUT2D eigenvalue weighted by Crippen LogP contribution is -2.34. The second kappa shape index (κ2) is 9.17. The summed E-state index contributed by atoms with van der Waals surface area (Å²) in [7, 11) is 0. The first-order valence-corrected chi connectivity index (χ1v) is 8.90. The number of ether oxygens (including phenoxy) is 1. The molecule has 0 bridgehead atoms. The van der Waals surface area contributed by atoms with Crippen LogP contribution >= 0.6 is 0 Å². The zero-order valence-electron chi connectivity index (χ0n) is 16.0. The summed E-state index contributed by atoms with van der Waals surface area (Å²) in [6.07, 6.45) is -4.62. The molecule has 3 aromatic rings. The summed E-state index contributed by atoms with van der Waals surface area (Å²) < 4.78 is 49.7. The Hall–Kier alpha value is -4.07. The van der Waals surface area contributed by atoms with E-state index in [1.807, 2.05) is 6.07 Å². The molecule has 1 amide bonds. The number of rotatable bonds is 7. The fourth-order valence-corrected chi connectivity index (χ4v) is 2.69. The lowest BCUT2D eigenvalue weighted by molar-refractivity contribution is -0.141. The van der Waals surface area contributed by atoms with Gasteiger partial charge in [0.1, 0.15) is 5.75 Å². The van der Waals surface area contributed by atoms with Crippen LogP contribution in [0.15, 0.2) is 52.9 Å². The number of nitriles is 1. The van der Waals surface area contributed by atoms with Gasteiger partial charge in [0.2, 0.25) is 5.89 Å². The van der Waals surface area contributed by atoms with E-state index in [0.29, 0.717) is 11.1 Å². The maximum atomic E-state index is 13.1. The molecule has 0 unspecified atom stereocenters. The fourth-order valence-electron chi connectivity index (χ4n) is 2.69. The number of hydrogen-bond acceptors (Lipinski definition) is 7. The van der Waals surface area contributed by atoms with Crippen LogP contribution in [-0.2, 0) is 24.1 Å². The Morgan fingerprint density at radius 2 is 1.84 bits per heavy atom. The molecule has 11 heteroatoms. The Morgan fingerprint density at radius 3 is 2.45 bits per heavy atom. The van der Waals surface area contributed by atoms with Crippen LogP contribution in [0.25, 0.3) is 0 Å². The van der Waals surface area contributed by atoms with Crippen molar-refractivity contribution in [2.45, 2.75) is 19.3 Å². The highest BCUT2D eigenvalue weighted by atomic mass is 19.4. The van der Waals surface area contributed by atoms with E-state index >= 15 is 0 Å². The van der Waals surface area contributed by atoms with Crippen LogP contribution in [0, 0.1) is 11.3 Å². The van der Waals surface area contributed by atoms with Gasteiger partial charge in [-0.25, -0.2) is 0 Å². The quantitative estimate of drug-likeness (QED) is 0.610. The Bertz CT molecular complexity index is 1090. The molecular formula is C20H16F3N5O3. The highest BCUT2D eigenvalue weighted by Crippen LogP contribution is 2.35. The van der Waals surface area contributed by atoms with Crippen molar-refractivity contribution >= 4 is 11.9 Å². The SMILES string of the molecule is N#Cc1ccc(CN(Cc2nnc(N)o2)C(=O)COc2ccccc2C(F)(F)F)cc1. The van der Waals surface area contributed by atoms with Crippen LogP contribution < -0.4 is 10.5 Å². The molecule has 0 atom stereocenters. The van der Waals surface area contributed by atoms with Crippen molar-refractivity contribution in [3.8, 4) is 11.8 Å². The van der Waals surface area contributed by atoms with Gasteiger partial charge < -0.3 is 19.8 Å². The highest BCUT2D eigenvalue weighted by Gasteiger charge is 2.34. The van der Waals surface area contributed by atoms with Crippen molar-refractivity contribution in [3.05, 3.63) is 71.1 Å². The van der Waals surface area contributed by atoms with Crippen molar-refractivity contribution in [2.24, 2.45) is 0 Å². The van der Waals surface area contributed by atoms with E-state index in [9.17, 15) is 18.0 Å². The Labute approximate surface area is 174 Å². The van der Waals surface area contributed by atoms with E-state index in [1.165, 1.54) is 17.0 Å². The number of aromatic nitrogens is 2. The largest absolute Gasteiger partial charge is 0.483 e. The Kier molecular flexibility index (Phi) is 6.40. The van der Waals surface area contributed by atoms with E-state index in [4.69, 9.17) is 20.1 Å². The van der Waals surface area contributed by atoms with Gasteiger partial charge in [-0.15, -0.1) is 5.10 Å². The number of nitrogens with two attached hydrogens (primary N) is 1. The molecule has 0 radical (unpaired) electrons. The third-order valence-electron chi connectivity index (χ3n) is 4.16.